The number of nitrogens with one attached hydrogen (secondary N) is 3. The second-order valence-corrected chi connectivity index (χ2v) is 7.32. The molecular weight excluding hydrogens is 374 g/mol. The number of hydrogen-bond donors (Lipinski definition) is 3. The monoisotopic (exact) mass is 393 g/mol. The standard InChI is InChI=1S/C20H19N5O2S/c1-12(24-20(26)21-11-27-2)23-15-7-14-10-22-25-19(14)16(9-15)18-8-13-5-3-4-6-17(13)28-18/h3-10H,11H2,1-2H3,(H,22,25)(H2,21,23,24,26). The molecule has 3 N–H and O–H groups in total. The molecule has 7 nitrogen and oxygen atoms in total. The predicted octanol–water partition coefficient (Wildman–Crippen LogP) is 4.40. The third-order valence-electron chi connectivity index (χ3n) is 4.19. The van der Waals surface area contributed by atoms with Gasteiger partial charge in [-0.2, -0.15) is 5.10 Å². The molecule has 0 aliphatic heterocycles. The van der Waals surface area contributed by atoms with Crippen LogP contribution >= 0.6 is 11.3 Å². The van der Waals surface area contributed by atoms with Gasteiger partial charge in [-0.15, -0.1) is 11.3 Å². The Morgan fingerprint density at radius 1 is 1.25 bits per heavy atom. The molecular formula is C20H19N5O2S. The number of thiophene rings is 1. The van der Waals surface area contributed by atoms with Crippen LogP contribution in [0.3, 0.4) is 0 Å². The van der Waals surface area contributed by atoms with Gasteiger partial charge in [0.25, 0.3) is 0 Å². The van der Waals surface area contributed by atoms with Crippen molar-refractivity contribution >= 4 is 49.9 Å². The quantitative estimate of drug-likeness (QED) is 0.273. The number of amides is 2. The number of ether oxygens (including phenoxy) is 1. The van der Waals surface area contributed by atoms with Crippen LogP contribution in [0.4, 0.5) is 10.5 Å². The number of amidine groups is 1. The first-order valence-electron chi connectivity index (χ1n) is 8.69. The van der Waals surface area contributed by atoms with E-state index in [9.17, 15) is 4.79 Å². The van der Waals surface area contributed by atoms with E-state index < -0.39 is 0 Å². The number of H-pyrrole nitrogens is 1. The van der Waals surface area contributed by atoms with Crippen molar-refractivity contribution in [2.45, 2.75) is 6.92 Å². The van der Waals surface area contributed by atoms with E-state index in [1.165, 1.54) is 17.2 Å². The molecule has 2 amide bonds. The van der Waals surface area contributed by atoms with Crippen molar-refractivity contribution in [3.05, 3.63) is 48.7 Å². The van der Waals surface area contributed by atoms with Crippen molar-refractivity contribution in [2.24, 2.45) is 4.99 Å². The van der Waals surface area contributed by atoms with E-state index >= 15 is 0 Å². The minimum atomic E-state index is -0.364. The van der Waals surface area contributed by atoms with Crippen LogP contribution in [0.25, 0.3) is 31.4 Å². The third-order valence-corrected chi connectivity index (χ3v) is 5.34. The normalized spacial score (nSPS) is 11.9. The van der Waals surface area contributed by atoms with E-state index in [0.29, 0.717) is 5.84 Å². The number of aromatic amines is 1. The highest BCUT2D eigenvalue weighted by Gasteiger charge is 2.12. The fourth-order valence-electron chi connectivity index (χ4n) is 2.98. The van der Waals surface area contributed by atoms with Crippen molar-refractivity contribution in [3.8, 4) is 10.4 Å². The van der Waals surface area contributed by atoms with E-state index in [4.69, 9.17) is 4.74 Å². The Kier molecular flexibility index (Phi) is 5.05. The Labute approximate surface area is 165 Å². The summed E-state index contributed by atoms with van der Waals surface area (Å²) in [4.78, 5) is 17.4. The summed E-state index contributed by atoms with van der Waals surface area (Å²) < 4.78 is 6.05. The molecule has 4 rings (SSSR count). The summed E-state index contributed by atoms with van der Waals surface area (Å²) in [6, 6.07) is 14.0. The van der Waals surface area contributed by atoms with Gasteiger partial charge in [-0.3, -0.25) is 10.4 Å². The highest BCUT2D eigenvalue weighted by molar-refractivity contribution is 7.22. The molecule has 0 saturated carbocycles. The van der Waals surface area contributed by atoms with E-state index in [0.717, 1.165) is 27.0 Å². The van der Waals surface area contributed by atoms with E-state index in [-0.39, 0.29) is 12.8 Å². The molecule has 8 heteroatoms. The Balaban J connectivity index is 1.71. The summed E-state index contributed by atoms with van der Waals surface area (Å²) in [5.41, 5.74) is 2.74. The molecule has 2 aromatic heterocycles. The summed E-state index contributed by atoms with van der Waals surface area (Å²) in [6.07, 6.45) is 1.78. The molecule has 28 heavy (non-hydrogen) atoms. The number of nitrogens with zero attached hydrogens (tertiary/aromatic N) is 2. The molecule has 0 aliphatic rings. The SMILES string of the molecule is COCNC(=O)NC(C)=Nc1cc(-c2cc3ccccc3s2)c2[nH]ncc2c1. The van der Waals surface area contributed by atoms with Gasteiger partial charge in [0.1, 0.15) is 12.6 Å². The van der Waals surface area contributed by atoms with Gasteiger partial charge < -0.3 is 10.1 Å². The molecule has 2 aromatic carbocycles. The third kappa shape index (κ3) is 3.73. The van der Waals surface area contributed by atoms with E-state index in [1.54, 1.807) is 24.5 Å². The number of aliphatic imine (C=N–C) groups is 1. The zero-order valence-electron chi connectivity index (χ0n) is 15.4. The summed E-state index contributed by atoms with van der Waals surface area (Å²) in [7, 11) is 1.51. The van der Waals surface area contributed by atoms with Gasteiger partial charge >= 0.3 is 6.03 Å². The summed E-state index contributed by atoms with van der Waals surface area (Å²) >= 11 is 1.73. The van der Waals surface area contributed by atoms with Gasteiger partial charge in [-0.1, -0.05) is 18.2 Å². The predicted molar refractivity (Wildman–Crippen MR) is 113 cm³/mol. The lowest BCUT2D eigenvalue weighted by molar-refractivity contribution is 0.174. The lowest BCUT2D eigenvalue weighted by Gasteiger charge is -2.07. The fourth-order valence-corrected chi connectivity index (χ4v) is 4.07. The zero-order chi connectivity index (χ0) is 19.5. The summed E-state index contributed by atoms with van der Waals surface area (Å²) in [5, 5.41) is 14.7. The van der Waals surface area contributed by atoms with Crippen LogP contribution in [-0.4, -0.2) is 35.9 Å². The van der Waals surface area contributed by atoms with Crippen LogP contribution in [0, 0.1) is 0 Å². The summed E-state index contributed by atoms with van der Waals surface area (Å²) in [6.45, 7) is 1.88. The molecule has 0 radical (unpaired) electrons. The van der Waals surface area contributed by atoms with Crippen LogP contribution in [0.2, 0.25) is 0 Å². The fraction of sp³-hybridized carbons (Fsp3) is 0.150. The number of hydrogen-bond acceptors (Lipinski definition) is 5. The highest BCUT2D eigenvalue weighted by atomic mass is 32.1. The maximum Gasteiger partial charge on any atom is 0.321 e. The maximum atomic E-state index is 11.8. The molecule has 4 aromatic rings. The van der Waals surface area contributed by atoms with Crippen LogP contribution in [0.5, 0.6) is 0 Å². The van der Waals surface area contributed by atoms with Gasteiger partial charge in [0.2, 0.25) is 0 Å². The van der Waals surface area contributed by atoms with Crippen molar-refractivity contribution < 1.29 is 9.53 Å². The molecule has 0 fully saturated rings. The lowest BCUT2D eigenvalue weighted by atomic mass is 10.1. The minimum Gasteiger partial charge on any atom is -0.364 e. The maximum absolute atomic E-state index is 11.8. The van der Waals surface area contributed by atoms with Crippen molar-refractivity contribution in [2.75, 3.05) is 13.8 Å². The molecule has 0 aliphatic carbocycles. The molecule has 0 unspecified atom stereocenters. The Bertz CT molecular complexity index is 1140. The van der Waals surface area contributed by atoms with Crippen molar-refractivity contribution in [3.63, 3.8) is 0 Å². The first kappa shape index (κ1) is 18.1. The molecule has 2 heterocycles. The molecule has 0 bridgehead atoms. The molecule has 0 saturated heterocycles. The van der Waals surface area contributed by atoms with Crippen LogP contribution in [0.15, 0.2) is 53.7 Å². The molecule has 0 spiro atoms. The average molecular weight is 393 g/mol. The number of rotatable bonds is 4. The number of carbonyl (C=O) groups excluding carboxylic acids is 1. The van der Waals surface area contributed by atoms with Gasteiger partial charge in [0, 0.05) is 27.6 Å². The number of benzene rings is 2. The first-order chi connectivity index (χ1) is 13.6. The number of carbonyl (C=O) groups is 1. The average Bonchev–Trinajstić information content (AvgIpc) is 3.32. The second-order valence-electron chi connectivity index (χ2n) is 6.24. The Morgan fingerprint density at radius 2 is 2.11 bits per heavy atom. The zero-order valence-corrected chi connectivity index (χ0v) is 16.3. The van der Waals surface area contributed by atoms with Crippen LogP contribution in [-0.2, 0) is 4.74 Å². The number of urea groups is 1. The van der Waals surface area contributed by atoms with E-state index in [1.807, 2.05) is 24.3 Å². The van der Waals surface area contributed by atoms with Crippen molar-refractivity contribution in [1.82, 2.24) is 20.8 Å². The summed E-state index contributed by atoms with van der Waals surface area (Å²) in [5.74, 6) is 0.485. The largest absolute Gasteiger partial charge is 0.364 e. The smallest absolute Gasteiger partial charge is 0.321 e. The lowest BCUT2D eigenvalue weighted by Crippen LogP contribution is -2.39. The highest BCUT2D eigenvalue weighted by Crippen LogP contribution is 2.38. The van der Waals surface area contributed by atoms with Crippen LogP contribution in [0.1, 0.15) is 6.92 Å². The van der Waals surface area contributed by atoms with Gasteiger partial charge in [0.15, 0.2) is 0 Å². The minimum absolute atomic E-state index is 0.135. The molecule has 142 valence electrons. The van der Waals surface area contributed by atoms with Gasteiger partial charge in [-0.05, 0) is 36.6 Å². The number of methoxy groups -OCH3 is 1. The van der Waals surface area contributed by atoms with Gasteiger partial charge in [-0.25, -0.2) is 9.79 Å². The Hall–Kier alpha value is -3.23. The number of aromatic nitrogens is 2. The molecule has 0 atom stereocenters. The van der Waals surface area contributed by atoms with Crippen LogP contribution < -0.4 is 10.6 Å². The Morgan fingerprint density at radius 3 is 2.93 bits per heavy atom. The van der Waals surface area contributed by atoms with E-state index in [2.05, 4.69) is 44.0 Å². The topological polar surface area (TPSA) is 91.4 Å². The first-order valence-corrected chi connectivity index (χ1v) is 9.51. The second kappa shape index (κ2) is 7.79. The van der Waals surface area contributed by atoms with Crippen molar-refractivity contribution in [1.29, 1.82) is 0 Å². The van der Waals surface area contributed by atoms with Gasteiger partial charge in [0.05, 0.1) is 17.4 Å². The number of fused-ring (bicyclic) bond motifs is 2.